The SMILES string of the molecule is NS(=O)(=O)C1C(F)NC1F. The molecule has 1 aliphatic rings. The summed E-state index contributed by atoms with van der Waals surface area (Å²) in [6, 6.07) is 0. The first-order valence-electron chi connectivity index (χ1n) is 2.49. The van der Waals surface area contributed by atoms with Gasteiger partial charge in [0.1, 0.15) is 0 Å². The largest absolute Gasteiger partial charge is 0.255 e. The van der Waals surface area contributed by atoms with Crippen LogP contribution >= 0.6 is 0 Å². The third kappa shape index (κ3) is 1.11. The quantitative estimate of drug-likeness (QED) is 0.490. The molecule has 0 aromatic carbocycles. The Hall–Kier alpha value is -0.270. The summed E-state index contributed by atoms with van der Waals surface area (Å²) < 4.78 is 44.8. The van der Waals surface area contributed by atoms with E-state index in [1.807, 2.05) is 0 Å². The maximum atomic E-state index is 12.1. The van der Waals surface area contributed by atoms with E-state index in [-0.39, 0.29) is 0 Å². The van der Waals surface area contributed by atoms with Gasteiger partial charge >= 0.3 is 0 Å². The zero-order valence-electron chi connectivity index (χ0n) is 4.79. The lowest BCUT2D eigenvalue weighted by Gasteiger charge is -2.33. The fraction of sp³-hybridized carbons (Fsp3) is 1.00. The summed E-state index contributed by atoms with van der Waals surface area (Å²) in [7, 11) is -4.08. The second-order valence-electron chi connectivity index (χ2n) is 2.02. The van der Waals surface area contributed by atoms with Crippen molar-refractivity contribution in [1.29, 1.82) is 0 Å². The molecule has 10 heavy (non-hydrogen) atoms. The monoisotopic (exact) mass is 172 g/mol. The molecular formula is C3H6F2N2O2S. The summed E-state index contributed by atoms with van der Waals surface area (Å²) in [5.41, 5.74) is 0. The fourth-order valence-electron chi connectivity index (χ4n) is 0.705. The minimum absolute atomic E-state index is 1.67. The van der Waals surface area contributed by atoms with E-state index < -0.39 is 27.9 Å². The number of sulfonamides is 1. The van der Waals surface area contributed by atoms with Crippen LogP contribution in [0.4, 0.5) is 8.78 Å². The minimum Gasteiger partial charge on any atom is -0.255 e. The molecule has 0 saturated carbocycles. The zero-order valence-corrected chi connectivity index (χ0v) is 5.61. The van der Waals surface area contributed by atoms with Crippen molar-refractivity contribution < 1.29 is 17.2 Å². The maximum Gasteiger partial charge on any atom is 0.220 e. The van der Waals surface area contributed by atoms with E-state index in [2.05, 4.69) is 5.14 Å². The number of alkyl halides is 2. The van der Waals surface area contributed by atoms with Crippen LogP contribution in [-0.2, 0) is 10.0 Å². The third-order valence-corrected chi connectivity index (χ3v) is 2.51. The second-order valence-corrected chi connectivity index (χ2v) is 3.75. The number of primary sulfonamides is 1. The molecule has 1 aliphatic heterocycles. The van der Waals surface area contributed by atoms with Crippen molar-refractivity contribution in [1.82, 2.24) is 5.32 Å². The lowest BCUT2D eigenvalue weighted by atomic mass is 10.2. The molecule has 1 rings (SSSR count). The first-order valence-corrected chi connectivity index (χ1v) is 4.09. The Morgan fingerprint density at radius 3 is 1.80 bits per heavy atom. The van der Waals surface area contributed by atoms with E-state index in [9.17, 15) is 17.2 Å². The normalized spacial score (nSPS) is 40.9. The molecule has 0 bridgehead atoms. The zero-order chi connectivity index (χ0) is 7.94. The van der Waals surface area contributed by atoms with Crippen LogP contribution < -0.4 is 10.5 Å². The van der Waals surface area contributed by atoms with Crippen LogP contribution in [0.15, 0.2) is 0 Å². The third-order valence-electron chi connectivity index (χ3n) is 1.27. The highest BCUT2D eigenvalue weighted by atomic mass is 32.2. The van der Waals surface area contributed by atoms with E-state index in [0.717, 1.165) is 0 Å². The van der Waals surface area contributed by atoms with Gasteiger partial charge in [-0.15, -0.1) is 0 Å². The molecule has 7 heteroatoms. The second kappa shape index (κ2) is 2.11. The van der Waals surface area contributed by atoms with Gasteiger partial charge in [-0.1, -0.05) is 0 Å². The molecular weight excluding hydrogens is 166 g/mol. The van der Waals surface area contributed by atoms with E-state index >= 15 is 0 Å². The minimum atomic E-state index is -4.08. The summed E-state index contributed by atoms with van der Waals surface area (Å²) in [5.74, 6) is 0. The van der Waals surface area contributed by atoms with Crippen LogP contribution in [0.5, 0.6) is 0 Å². The van der Waals surface area contributed by atoms with Crippen molar-refractivity contribution in [2.45, 2.75) is 17.8 Å². The van der Waals surface area contributed by atoms with E-state index in [4.69, 9.17) is 0 Å². The van der Waals surface area contributed by atoms with Gasteiger partial charge < -0.3 is 0 Å². The van der Waals surface area contributed by atoms with Crippen LogP contribution in [0.25, 0.3) is 0 Å². The van der Waals surface area contributed by atoms with E-state index in [1.54, 1.807) is 5.32 Å². The van der Waals surface area contributed by atoms with Crippen LogP contribution in [0.2, 0.25) is 0 Å². The van der Waals surface area contributed by atoms with E-state index in [0.29, 0.717) is 0 Å². The molecule has 1 heterocycles. The van der Waals surface area contributed by atoms with Gasteiger partial charge in [0.05, 0.1) is 0 Å². The predicted molar refractivity (Wildman–Crippen MR) is 29.8 cm³/mol. The molecule has 2 unspecified atom stereocenters. The Balaban J connectivity index is 2.74. The van der Waals surface area contributed by atoms with Crippen molar-refractivity contribution in [3.63, 3.8) is 0 Å². The molecule has 0 radical (unpaired) electrons. The van der Waals surface area contributed by atoms with Crippen molar-refractivity contribution in [3.05, 3.63) is 0 Å². The van der Waals surface area contributed by atoms with Crippen LogP contribution in [0.1, 0.15) is 0 Å². The highest BCUT2D eigenvalue weighted by molar-refractivity contribution is 7.89. The fourth-order valence-corrected chi connectivity index (χ4v) is 1.53. The highest BCUT2D eigenvalue weighted by Gasteiger charge is 2.49. The summed E-state index contributed by atoms with van der Waals surface area (Å²) in [4.78, 5) is 0. The molecule has 60 valence electrons. The Bertz CT molecular complexity index is 221. The van der Waals surface area contributed by atoms with Crippen molar-refractivity contribution in [2.24, 2.45) is 5.14 Å². The topological polar surface area (TPSA) is 72.2 Å². The van der Waals surface area contributed by atoms with Gasteiger partial charge in [0.25, 0.3) is 0 Å². The van der Waals surface area contributed by atoms with Gasteiger partial charge in [-0.3, -0.25) is 5.32 Å². The Morgan fingerprint density at radius 2 is 1.70 bits per heavy atom. The molecule has 1 saturated heterocycles. The molecule has 4 nitrogen and oxygen atoms in total. The van der Waals surface area contributed by atoms with Crippen molar-refractivity contribution >= 4 is 10.0 Å². The van der Waals surface area contributed by atoms with Crippen molar-refractivity contribution in [3.8, 4) is 0 Å². The summed E-state index contributed by atoms with van der Waals surface area (Å²) in [6.45, 7) is 0. The number of nitrogens with two attached hydrogens (primary N) is 1. The maximum absolute atomic E-state index is 12.1. The smallest absolute Gasteiger partial charge is 0.220 e. The first-order chi connectivity index (χ1) is 4.43. The molecule has 0 aromatic heterocycles. The van der Waals surface area contributed by atoms with Gasteiger partial charge in [0, 0.05) is 0 Å². The van der Waals surface area contributed by atoms with Crippen LogP contribution in [0.3, 0.4) is 0 Å². The summed E-state index contributed by atoms with van der Waals surface area (Å²) in [6.07, 6.45) is -3.74. The van der Waals surface area contributed by atoms with Gasteiger partial charge in [0.2, 0.25) is 10.0 Å². The molecule has 3 N–H and O–H groups in total. The van der Waals surface area contributed by atoms with Crippen LogP contribution in [0, 0.1) is 0 Å². The summed E-state index contributed by atoms with van der Waals surface area (Å²) >= 11 is 0. The van der Waals surface area contributed by atoms with E-state index in [1.165, 1.54) is 0 Å². The lowest BCUT2D eigenvalue weighted by molar-refractivity contribution is 0.0492. The Labute approximate surface area is 56.4 Å². The molecule has 0 aromatic rings. The van der Waals surface area contributed by atoms with Gasteiger partial charge in [-0.05, 0) is 0 Å². The lowest BCUT2D eigenvalue weighted by Crippen LogP contribution is -2.65. The Morgan fingerprint density at radius 1 is 1.30 bits per heavy atom. The highest BCUT2D eigenvalue weighted by Crippen LogP contribution is 2.20. The Kier molecular flexibility index (Phi) is 1.65. The van der Waals surface area contributed by atoms with Gasteiger partial charge in [0.15, 0.2) is 17.8 Å². The van der Waals surface area contributed by atoms with Crippen molar-refractivity contribution in [2.75, 3.05) is 0 Å². The average Bonchev–Trinajstić information content (AvgIpc) is 1.58. The number of halogens is 2. The number of hydrogen-bond acceptors (Lipinski definition) is 3. The molecule has 0 aliphatic carbocycles. The molecule has 0 amide bonds. The van der Waals surface area contributed by atoms with Gasteiger partial charge in [-0.2, -0.15) is 0 Å². The van der Waals surface area contributed by atoms with Crippen LogP contribution in [-0.4, -0.2) is 26.3 Å². The number of hydrogen-bond donors (Lipinski definition) is 2. The standard InChI is InChI=1S/C3H6F2N2O2S/c4-2-1(3(5)7-2)10(6,8)9/h1-3,7H,(H2,6,8,9). The number of rotatable bonds is 1. The first kappa shape index (κ1) is 7.83. The predicted octanol–water partition coefficient (Wildman–Crippen LogP) is -1.16. The molecule has 1 fully saturated rings. The summed E-state index contributed by atoms with van der Waals surface area (Å²) in [5, 5.41) is 4.41. The number of nitrogens with one attached hydrogen (secondary N) is 1. The molecule has 0 spiro atoms. The van der Waals surface area contributed by atoms with Gasteiger partial charge in [-0.25, -0.2) is 22.3 Å². The molecule has 2 atom stereocenters. The average molecular weight is 172 g/mol.